The normalized spacial score (nSPS) is 26.9. The third-order valence-electron chi connectivity index (χ3n) is 9.68. The number of nitrogens with one attached hydrogen (secondary N) is 1. The van der Waals surface area contributed by atoms with Crippen LogP contribution in [0.25, 0.3) is 10.1 Å². The summed E-state index contributed by atoms with van der Waals surface area (Å²) < 4.78 is 28.7. The molecule has 4 atom stereocenters. The number of anilines is 1. The molecule has 3 aromatic rings. The highest BCUT2D eigenvalue weighted by Gasteiger charge is 2.40. The third-order valence-corrected chi connectivity index (χ3v) is 11.0. The Morgan fingerprint density at radius 3 is 2.53 bits per heavy atom. The fraction of sp³-hybridized carbons (Fsp3) is 0.514. The van der Waals surface area contributed by atoms with Crippen molar-refractivity contribution in [1.82, 2.24) is 9.80 Å². The molecule has 12 heteroatoms. The van der Waals surface area contributed by atoms with E-state index in [0.717, 1.165) is 29.6 Å². The number of hydrogen-bond donors (Lipinski definition) is 2. The minimum Gasteiger partial charge on any atom is -0.481 e. The summed E-state index contributed by atoms with van der Waals surface area (Å²) in [5.41, 5.74) is 0.779. The molecule has 3 fully saturated rings. The Hall–Kier alpha value is -3.09. The maximum atomic E-state index is 15.5. The number of carbonyl (C=O) groups is 3. The zero-order valence-corrected chi connectivity index (χ0v) is 28.2. The number of amides is 2. The number of morpholine rings is 1. The molecule has 0 unspecified atom stereocenters. The summed E-state index contributed by atoms with van der Waals surface area (Å²) >= 11 is 7.99. The highest BCUT2D eigenvalue weighted by molar-refractivity contribution is 7.17. The lowest BCUT2D eigenvalue weighted by atomic mass is 9.87. The molecule has 1 aliphatic carbocycles. The molecule has 1 saturated carbocycles. The molecule has 3 aliphatic rings. The standard InChI is InChI=1S/C35H41ClFN3O6S/c1-20-15-39(16-21(2)46-20)24-13-25(18-45-26-9-7-22(8-10-26)35(43)44)40(17-24)33(41)12-23-11-29(36)31(14-30(23)37)38-34(42)28-19-47-32-6-4-3-5-27(28)32/h3-6,11,14,19-22,24-26H,7-10,12-13,15-18H2,1-2H3,(H,38,42)(H,43,44)/t20-,21+,22-,24-,25-,26-/m0/s1. The van der Waals surface area contributed by atoms with Crippen molar-refractivity contribution in [2.24, 2.45) is 5.92 Å². The minimum absolute atomic E-state index is 0.0453. The zero-order valence-electron chi connectivity index (χ0n) is 26.6. The number of thiophene rings is 1. The first-order chi connectivity index (χ1) is 22.5. The predicted molar refractivity (Wildman–Crippen MR) is 180 cm³/mol. The minimum atomic E-state index is -0.758. The average Bonchev–Trinajstić information content (AvgIpc) is 3.67. The summed E-state index contributed by atoms with van der Waals surface area (Å²) in [4.78, 5) is 42.5. The molecule has 2 aromatic carbocycles. The van der Waals surface area contributed by atoms with E-state index in [9.17, 15) is 19.5 Å². The number of hydrogen-bond acceptors (Lipinski definition) is 7. The van der Waals surface area contributed by atoms with E-state index in [4.69, 9.17) is 21.1 Å². The van der Waals surface area contributed by atoms with Crippen molar-refractivity contribution in [3.8, 4) is 0 Å². The number of ether oxygens (including phenoxy) is 2. The van der Waals surface area contributed by atoms with Gasteiger partial charge < -0.3 is 24.8 Å². The van der Waals surface area contributed by atoms with E-state index in [2.05, 4.69) is 24.1 Å². The van der Waals surface area contributed by atoms with Crippen molar-refractivity contribution >= 4 is 56.5 Å². The van der Waals surface area contributed by atoms with Gasteiger partial charge in [-0.25, -0.2) is 4.39 Å². The van der Waals surface area contributed by atoms with Gasteiger partial charge in [-0.05, 0) is 69.7 Å². The van der Waals surface area contributed by atoms with Crippen LogP contribution in [0.3, 0.4) is 0 Å². The Morgan fingerprint density at radius 2 is 1.81 bits per heavy atom. The Kier molecular flexibility index (Phi) is 10.5. The van der Waals surface area contributed by atoms with Gasteiger partial charge in [0, 0.05) is 41.1 Å². The summed E-state index contributed by atoms with van der Waals surface area (Å²) in [6.07, 6.45) is 3.17. The molecule has 2 N–H and O–H groups in total. The van der Waals surface area contributed by atoms with Gasteiger partial charge in [0.1, 0.15) is 5.82 Å². The first-order valence-corrected chi connectivity index (χ1v) is 17.6. The van der Waals surface area contributed by atoms with Crippen LogP contribution in [0.2, 0.25) is 5.02 Å². The van der Waals surface area contributed by atoms with Crippen LogP contribution in [-0.2, 0) is 25.5 Å². The fourth-order valence-electron chi connectivity index (χ4n) is 7.29. The molecule has 0 spiro atoms. The third kappa shape index (κ3) is 7.81. The number of rotatable bonds is 9. The molecule has 2 aliphatic heterocycles. The number of carboxylic acid groups (broad SMARTS) is 1. The van der Waals surface area contributed by atoms with E-state index in [1.807, 2.05) is 29.2 Å². The number of carbonyl (C=O) groups excluding carboxylic acids is 2. The second-order valence-electron chi connectivity index (χ2n) is 13.1. The van der Waals surface area contributed by atoms with Crippen molar-refractivity contribution in [1.29, 1.82) is 0 Å². The Labute approximate surface area is 283 Å². The van der Waals surface area contributed by atoms with E-state index in [0.29, 0.717) is 44.4 Å². The number of benzene rings is 2. The number of halogens is 2. The van der Waals surface area contributed by atoms with Gasteiger partial charge in [-0.15, -0.1) is 11.3 Å². The molecule has 1 aromatic heterocycles. The topological polar surface area (TPSA) is 108 Å². The summed E-state index contributed by atoms with van der Waals surface area (Å²) in [7, 11) is 0. The first-order valence-electron chi connectivity index (χ1n) is 16.3. The summed E-state index contributed by atoms with van der Waals surface area (Å²) in [6.45, 7) is 6.47. The lowest BCUT2D eigenvalue weighted by Crippen LogP contribution is -2.51. The maximum absolute atomic E-state index is 15.5. The second-order valence-corrected chi connectivity index (χ2v) is 14.5. The molecule has 2 saturated heterocycles. The van der Waals surface area contributed by atoms with Crippen LogP contribution in [0, 0.1) is 11.7 Å². The summed E-state index contributed by atoms with van der Waals surface area (Å²) in [6, 6.07) is 10.1. The average molecular weight is 686 g/mol. The van der Waals surface area contributed by atoms with Gasteiger partial charge in [0.25, 0.3) is 5.91 Å². The van der Waals surface area contributed by atoms with Crippen LogP contribution >= 0.6 is 22.9 Å². The van der Waals surface area contributed by atoms with Crippen LogP contribution in [0.5, 0.6) is 0 Å². The molecular weight excluding hydrogens is 645 g/mol. The van der Waals surface area contributed by atoms with Crippen LogP contribution < -0.4 is 5.32 Å². The quantitative estimate of drug-likeness (QED) is 0.275. The van der Waals surface area contributed by atoms with E-state index in [1.54, 1.807) is 5.38 Å². The van der Waals surface area contributed by atoms with Gasteiger partial charge in [-0.3, -0.25) is 19.3 Å². The number of likely N-dealkylation sites (tertiary alicyclic amines) is 1. The van der Waals surface area contributed by atoms with E-state index >= 15 is 4.39 Å². The van der Waals surface area contributed by atoms with Crippen LogP contribution in [-0.4, -0.2) is 89.3 Å². The smallest absolute Gasteiger partial charge is 0.306 e. The molecule has 9 nitrogen and oxygen atoms in total. The van der Waals surface area contributed by atoms with Crippen LogP contribution in [0.15, 0.2) is 41.8 Å². The lowest BCUT2D eigenvalue weighted by molar-refractivity contribution is -0.144. The highest BCUT2D eigenvalue weighted by atomic mass is 35.5. The molecule has 252 valence electrons. The number of nitrogens with zero attached hydrogens (tertiary/aromatic N) is 2. The summed E-state index contributed by atoms with van der Waals surface area (Å²) in [5, 5.41) is 14.8. The van der Waals surface area contributed by atoms with E-state index in [1.165, 1.54) is 23.5 Å². The first kappa shape index (κ1) is 33.8. The van der Waals surface area contributed by atoms with Gasteiger partial charge in [0.05, 0.1) is 59.6 Å². The lowest BCUT2D eigenvalue weighted by Gasteiger charge is -2.38. The van der Waals surface area contributed by atoms with Crippen molar-refractivity contribution in [2.75, 3.05) is 31.6 Å². The van der Waals surface area contributed by atoms with Gasteiger partial charge >= 0.3 is 5.97 Å². The number of fused-ring (bicyclic) bond motifs is 1. The molecule has 6 rings (SSSR count). The van der Waals surface area contributed by atoms with Gasteiger partial charge in [-0.1, -0.05) is 29.8 Å². The van der Waals surface area contributed by atoms with Crippen molar-refractivity contribution in [2.45, 2.75) is 82.8 Å². The Bertz CT molecular complexity index is 1620. The van der Waals surface area contributed by atoms with Crippen molar-refractivity contribution in [3.63, 3.8) is 0 Å². The van der Waals surface area contributed by atoms with Crippen molar-refractivity contribution in [3.05, 3.63) is 63.7 Å². The molecule has 0 bridgehead atoms. The molecule has 0 radical (unpaired) electrons. The predicted octanol–water partition coefficient (Wildman–Crippen LogP) is 6.23. The molecule has 47 heavy (non-hydrogen) atoms. The van der Waals surface area contributed by atoms with Gasteiger partial charge in [-0.2, -0.15) is 0 Å². The summed E-state index contributed by atoms with van der Waals surface area (Å²) in [5.74, 6) is -2.32. The SMILES string of the molecule is C[C@@H]1CN([C@H]2C[C@@H](CO[C@H]3CC[C@H](C(=O)O)CC3)N(C(=O)Cc3cc(Cl)c(NC(=O)c4csc5ccccc45)cc3F)C2)C[C@H](C)O1. The monoisotopic (exact) mass is 685 g/mol. The molecule has 3 heterocycles. The molecular formula is C35H41ClFN3O6S. The Morgan fingerprint density at radius 1 is 1.09 bits per heavy atom. The highest BCUT2D eigenvalue weighted by Crippen LogP contribution is 2.32. The zero-order chi connectivity index (χ0) is 33.2. The number of carboxylic acids is 1. The van der Waals surface area contributed by atoms with Crippen molar-refractivity contribution < 1.29 is 33.4 Å². The van der Waals surface area contributed by atoms with E-state index in [-0.39, 0.29) is 70.8 Å². The maximum Gasteiger partial charge on any atom is 0.306 e. The second kappa shape index (κ2) is 14.6. The largest absolute Gasteiger partial charge is 0.481 e. The molecule has 2 amide bonds. The number of aliphatic carboxylic acids is 1. The van der Waals surface area contributed by atoms with Gasteiger partial charge in [0.15, 0.2) is 0 Å². The van der Waals surface area contributed by atoms with Gasteiger partial charge in [0.2, 0.25) is 5.91 Å². The van der Waals surface area contributed by atoms with E-state index < -0.39 is 11.8 Å². The fourth-order valence-corrected chi connectivity index (χ4v) is 8.46. The van der Waals surface area contributed by atoms with Crippen LogP contribution in [0.4, 0.5) is 10.1 Å². The Balaban J connectivity index is 1.14. The van der Waals surface area contributed by atoms with Crippen LogP contribution in [0.1, 0.15) is 61.9 Å².